The van der Waals surface area contributed by atoms with E-state index in [2.05, 4.69) is 20.6 Å². The molecule has 1 aliphatic rings. The molecule has 1 aromatic heterocycles. The van der Waals surface area contributed by atoms with Crippen molar-refractivity contribution in [2.75, 3.05) is 6.54 Å². The lowest BCUT2D eigenvalue weighted by Gasteiger charge is -2.41. The molecule has 3 rings (SSSR count). The van der Waals surface area contributed by atoms with Crippen molar-refractivity contribution >= 4 is 23.7 Å². The van der Waals surface area contributed by atoms with Crippen LogP contribution in [0.3, 0.4) is 0 Å². The van der Waals surface area contributed by atoms with E-state index in [-0.39, 0.29) is 31.7 Å². The van der Waals surface area contributed by atoms with Gasteiger partial charge in [0.25, 0.3) is 0 Å². The summed E-state index contributed by atoms with van der Waals surface area (Å²) >= 11 is 0. The van der Waals surface area contributed by atoms with Gasteiger partial charge in [0.1, 0.15) is 12.1 Å². The Hall–Kier alpha value is -3.73. The van der Waals surface area contributed by atoms with Crippen molar-refractivity contribution in [3.8, 4) is 0 Å². The van der Waals surface area contributed by atoms with Crippen LogP contribution in [0.15, 0.2) is 36.8 Å². The minimum absolute atomic E-state index is 0.132. The third kappa shape index (κ3) is 7.39. The largest absolute Gasteiger partial charge is 0.480 e. The first-order valence-corrected chi connectivity index (χ1v) is 12.4. The SMILES string of the molecule is CC(C)(C)[C@H](NCCc1cnc[nH]1)C(=O)N1Cc2ccccc2C[C@H]1C(=O)N[C@@H](CCC(N)=O)C(=O)O. The number of carbonyl (C=O) groups excluding carboxylic acids is 3. The smallest absolute Gasteiger partial charge is 0.326 e. The van der Waals surface area contributed by atoms with Gasteiger partial charge < -0.3 is 31.4 Å². The molecule has 6 N–H and O–H groups in total. The van der Waals surface area contributed by atoms with E-state index in [1.165, 1.54) is 4.90 Å². The number of fused-ring (bicyclic) bond motifs is 1. The third-order valence-electron chi connectivity index (χ3n) is 6.54. The summed E-state index contributed by atoms with van der Waals surface area (Å²) in [5.41, 5.74) is 7.50. The quantitative estimate of drug-likeness (QED) is 0.296. The van der Waals surface area contributed by atoms with Crippen LogP contribution in [0.4, 0.5) is 0 Å². The molecule has 0 aliphatic carbocycles. The second-order valence-electron chi connectivity index (χ2n) is 10.4. The number of primary amides is 1. The molecule has 0 saturated carbocycles. The summed E-state index contributed by atoms with van der Waals surface area (Å²) < 4.78 is 0. The Morgan fingerprint density at radius 1 is 1.22 bits per heavy atom. The Balaban J connectivity index is 1.84. The van der Waals surface area contributed by atoms with Crippen LogP contribution in [0.1, 0.15) is 50.4 Å². The molecule has 11 nitrogen and oxygen atoms in total. The molecule has 3 amide bonds. The first kappa shape index (κ1) is 27.9. The van der Waals surface area contributed by atoms with E-state index in [0.717, 1.165) is 16.8 Å². The number of aromatic amines is 1. The van der Waals surface area contributed by atoms with Crippen molar-refractivity contribution in [1.82, 2.24) is 25.5 Å². The number of carboxylic acids is 1. The number of nitrogens with zero attached hydrogens (tertiary/aromatic N) is 2. The van der Waals surface area contributed by atoms with Gasteiger partial charge in [0.15, 0.2) is 0 Å². The first-order chi connectivity index (χ1) is 17.5. The van der Waals surface area contributed by atoms with Crippen LogP contribution in [0.25, 0.3) is 0 Å². The van der Waals surface area contributed by atoms with Gasteiger partial charge in [-0.05, 0) is 23.0 Å². The van der Waals surface area contributed by atoms with Crippen molar-refractivity contribution in [1.29, 1.82) is 0 Å². The molecule has 3 atom stereocenters. The zero-order valence-electron chi connectivity index (χ0n) is 21.5. The average Bonchev–Trinajstić information content (AvgIpc) is 3.35. The lowest BCUT2D eigenvalue weighted by molar-refractivity contribution is -0.147. The van der Waals surface area contributed by atoms with Crippen LogP contribution in [0, 0.1) is 5.41 Å². The predicted molar refractivity (Wildman–Crippen MR) is 136 cm³/mol. The Morgan fingerprint density at radius 3 is 2.51 bits per heavy atom. The highest BCUT2D eigenvalue weighted by molar-refractivity contribution is 5.93. The maximum atomic E-state index is 14.0. The van der Waals surface area contributed by atoms with Gasteiger partial charge >= 0.3 is 5.97 Å². The third-order valence-corrected chi connectivity index (χ3v) is 6.54. The second kappa shape index (κ2) is 12.0. The Kier molecular flexibility index (Phi) is 9.04. The maximum Gasteiger partial charge on any atom is 0.326 e. The Bertz CT molecular complexity index is 1110. The van der Waals surface area contributed by atoms with E-state index in [4.69, 9.17) is 5.73 Å². The fraction of sp³-hybridized carbons (Fsp3) is 0.500. The Labute approximate surface area is 216 Å². The molecule has 200 valence electrons. The van der Waals surface area contributed by atoms with E-state index < -0.39 is 41.3 Å². The van der Waals surface area contributed by atoms with Crippen molar-refractivity contribution < 1.29 is 24.3 Å². The number of carbonyl (C=O) groups is 4. The van der Waals surface area contributed by atoms with E-state index in [0.29, 0.717) is 13.0 Å². The molecular weight excluding hydrogens is 476 g/mol. The summed E-state index contributed by atoms with van der Waals surface area (Å²) in [6.07, 6.45) is 3.92. The summed E-state index contributed by atoms with van der Waals surface area (Å²) in [5, 5.41) is 15.5. The summed E-state index contributed by atoms with van der Waals surface area (Å²) in [5.74, 6) is -2.74. The monoisotopic (exact) mass is 512 g/mol. The van der Waals surface area contributed by atoms with Gasteiger partial charge in [0.2, 0.25) is 17.7 Å². The molecule has 0 fully saturated rings. The molecule has 2 aromatic rings. The van der Waals surface area contributed by atoms with E-state index >= 15 is 0 Å². The van der Waals surface area contributed by atoms with Crippen LogP contribution < -0.4 is 16.4 Å². The van der Waals surface area contributed by atoms with Crippen molar-refractivity contribution in [2.45, 2.75) is 71.1 Å². The molecule has 2 heterocycles. The van der Waals surface area contributed by atoms with Crippen LogP contribution in [-0.2, 0) is 38.6 Å². The second-order valence-corrected chi connectivity index (χ2v) is 10.4. The highest BCUT2D eigenvalue weighted by atomic mass is 16.4. The van der Waals surface area contributed by atoms with Crippen LogP contribution in [0.2, 0.25) is 0 Å². The van der Waals surface area contributed by atoms with Crippen LogP contribution in [0.5, 0.6) is 0 Å². The molecule has 0 spiro atoms. The number of carboxylic acid groups (broad SMARTS) is 1. The maximum absolute atomic E-state index is 14.0. The van der Waals surface area contributed by atoms with Crippen molar-refractivity contribution in [3.05, 3.63) is 53.6 Å². The van der Waals surface area contributed by atoms with Gasteiger partial charge in [0, 0.05) is 44.2 Å². The molecule has 1 aromatic carbocycles. The lowest BCUT2D eigenvalue weighted by atomic mass is 9.84. The number of nitrogens with one attached hydrogen (secondary N) is 3. The van der Waals surface area contributed by atoms with Crippen LogP contribution in [-0.4, -0.2) is 68.3 Å². The number of hydrogen-bond donors (Lipinski definition) is 5. The summed E-state index contributed by atoms with van der Waals surface area (Å²) in [6.45, 7) is 6.61. The average molecular weight is 513 g/mol. The number of imidazole rings is 1. The highest BCUT2D eigenvalue weighted by Crippen LogP contribution is 2.28. The zero-order valence-corrected chi connectivity index (χ0v) is 21.5. The van der Waals surface area contributed by atoms with Gasteiger partial charge in [-0.25, -0.2) is 9.78 Å². The number of hydrogen-bond acceptors (Lipinski definition) is 6. The predicted octanol–water partition coefficient (Wildman–Crippen LogP) is 0.745. The first-order valence-electron chi connectivity index (χ1n) is 12.4. The fourth-order valence-electron chi connectivity index (χ4n) is 4.50. The van der Waals surface area contributed by atoms with Gasteiger partial charge in [-0.3, -0.25) is 14.4 Å². The van der Waals surface area contributed by atoms with Crippen molar-refractivity contribution in [3.63, 3.8) is 0 Å². The summed E-state index contributed by atoms with van der Waals surface area (Å²) in [7, 11) is 0. The molecule has 0 radical (unpaired) electrons. The number of aromatic nitrogens is 2. The number of H-pyrrole nitrogens is 1. The molecule has 0 unspecified atom stereocenters. The van der Waals surface area contributed by atoms with E-state index in [1.54, 1.807) is 12.5 Å². The van der Waals surface area contributed by atoms with Gasteiger partial charge in [-0.2, -0.15) is 0 Å². The molecule has 1 aliphatic heterocycles. The van der Waals surface area contributed by atoms with Gasteiger partial charge in [-0.1, -0.05) is 45.0 Å². The molecular formula is C26H36N6O5. The topological polar surface area (TPSA) is 171 Å². The number of aliphatic carboxylic acids is 1. The zero-order chi connectivity index (χ0) is 27.2. The molecule has 37 heavy (non-hydrogen) atoms. The van der Waals surface area contributed by atoms with E-state index in [1.807, 2.05) is 45.0 Å². The standard InChI is InChI=1S/C26H36N6O5/c1-26(2,3)22(29-11-10-18-13-28-15-30-18)24(35)32-14-17-7-5-4-6-16(17)12-20(32)23(34)31-19(25(36)37)8-9-21(27)33/h4-7,13,15,19-20,22,29H,8-12,14H2,1-3H3,(H2,27,33)(H,28,30)(H,31,34)(H,36,37)/t19-,20-,22+/m0/s1. The number of rotatable bonds is 11. The molecule has 0 bridgehead atoms. The van der Waals surface area contributed by atoms with E-state index in [9.17, 15) is 24.3 Å². The number of amides is 3. The van der Waals surface area contributed by atoms with Gasteiger partial charge in [0.05, 0.1) is 12.4 Å². The minimum Gasteiger partial charge on any atom is -0.480 e. The Morgan fingerprint density at radius 2 is 1.92 bits per heavy atom. The van der Waals surface area contributed by atoms with Crippen LogP contribution >= 0.6 is 0 Å². The van der Waals surface area contributed by atoms with Gasteiger partial charge in [-0.15, -0.1) is 0 Å². The lowest BCUT2D eigenvalue weighted by Crippen LogP contribution is -2.61. The number of benzene rings is 1. The normalized spacial score (nSPS) is 16.9. The molecule has 0 saturated heterocycles. The minimum atomic E-state index is -1.29. The molecule has 11 heteroatoms. The summed E-state index contributed by atoms with van der Waals surface area (Å²) in [4.78, 5) is 58.9. The highest BCUT2D eigenvalue weighted by Gasteiger charge is 2.41. The number of nitrogens with two attached hydrogens (primary N) is 1. The fourth-order valence-corrected chi connectivity index (χ4v) is 4.50. The van der Waals surface area contributed by atoms with Crippen molar-refractivity contribution in [2.24, 2.45) is 11.1 Å². The summed E-state index contributed by atoms with van der Waals surface area (Å²) in [6, 6.07) is 4.79.